The number of aliphatic hydroxyl groups excluding tert-OH is 1. The van der Waals surface area contributed by atoms with Gasteiger partial charge in [-0.15, -0.1) is 0 Å². The number of carbonyl (C=O) groups excluding carboxylic acids is 1. The Morgan fingerprint density at radius 1 is 1.33 bits per heavy atom. The van der Waals surface area contributed by atoms with Gasteiger partial charge in [-0.25, -0.2) is 9.97 Å². The van der Waals surface area contributed by atoms with Crippen LogP contribution < -0.4 is 4.90 Å². The lowest BCUT2D eigenvalue weighted by Crippen LogP contribution is -2.25. The van der Waals surface area contributed by atoms with Gasteiger partial charge in [-0.05, 0) is 36.1 Å². The summed E-state index contributed by atoms with van der Waals surface area (Å²) < 4.78 is 2.75. The summed E-state index contributed by atoms with van der Waals surface area (Å²) in [5, 5.41) is 13.9. The Bertz CT molecular complexity index is 987. The maximum absolute atomic E-state index is 13.1. The molecule has 7 nitrogen and oxygen atoms in total. The van der Waals surface area contributed by atoms with Crippen molar-refractivity contribution in [2.45, 2.75) is 26.3 Å². The van der Waals surface area contributed by atoms with Crippen molar-refractivity contribution in [2.24, 2.45) is 5.92 Å². The Morgan fingerprint density at radius 3 is 2.90 bits per heavy atom. The number of hydrogen-bond acceptors (Lipinski definition) is 6. The molecule has 1 atom stereocenters. The Labute approximate surface area is 184 Å². The van der Waals surface area contributed by atoms with Crippen LogP contribution in [0.15, 0.2) is 53.5 Å². The summed E-state index contributed by atoms with van der Waals surface area (Å²) in [6.45, 7) is 3.48. The van der Waals surface area contributed by atoms with Gasteiger partial charge in [0.25, 0.3) is 0 Å². The number of anilines is 1. The van der Waals surface area contributed by atoms with E-state index in [0.717, 1.165) is 22.9 Å². The third-order valence-electron chi connectivity index (χ3n) is 5.11. The Morgan fingerprint density at radius 2 is 2.17 bits per heavy atom. The van der Waals surface area contributed by atoms with E-state index in [1.165, 1.54) is 12.5 Å². The number of hydrogen-bond donors (Lipinski definition) is 1. The highest BCUT2D eigenvalue weighted by atomic mass is 79.9. The molecule has 0 saturated heterocycles. The largest absolute Gasteiger partial charge is 0.396 e. The third-order valence-corrected chi connectivity index (χ3v) is 5.61. The highest BCUT2D eigenvalue weighted by Crippen LogP contribution is 2.20. The summed E-state index contributed by atoms with van der Waals surface area (Å²) >= 11 is 3.47. The van der Waals surface area contributed by atoms with Gasteiger partial charge in [-0.2, -0.15) is 5.10 Å². The van der Waals surface area contributed by atoms with E-state index in [0.29, 0.717) is 30.2 Å². The number of benzene rings is 1. The van der Waals surface area contributed by atoms with Gasteiger partial charge in [0.2, 0.25) is 5.78 Å². The van der Waals surface area contributed by atoms with Gasteiger partial charge >= 0.3 is 0 Å². The van der Waals surface area contributed by atoms with Crippen LogP contribution in [0, 0.1) is 5.92 Å². The van der Waals surface area contributed by atoms with E-state index in [1.807, 2.05) is 36.2 Å². The maximum atomic E-state index is 13.1. The fourth-order valence-corrected chi connectivity index (χ4v) is 3.67. The molecule has 3 rings (SSSR count). The van der Waals surface area contributed by atoms with Crippen molar-refractivity contribution < 1.29 is 9.90 Å². The first kappa shape index (κ1) is 22.1. The monoisotopic (exact) mass is 471 g/mol. The van der Waals surface area contributed by atoms with E-state index in [1.54, 1.807) is 16.9 Å². The molecular weight excluding hydrogens is 446 g/mol. The van der Waals surface area contributed by atoms with E-state index in [9.17, 15) is 9.90 Å². The van der Waals surface area contributed by atoms with Gasteiger partial charge in [0.15, 0.2) is 0 Å². The molecule has 8 heteroatoms. The minimum atomic E-state index is -0.209. The lowest BCUT2D eigenvalue weighted by molar-refractivity contribution is 0.103. The third kappa shape index (κ3) is 5.52. The summed E-state index contributed by atoms with van der Waals surface area (Å²) in [4.78, 5) is 23.4. The van der Waals surface area contributed by atoms with Crippen LogP contribution in [0.5, 0.6) is 0 Å². The van der Waals surface area contributed by atoms with Crippen LogP contribution in [0.2, 0.25) is 0 Å². The van der Waals surface area contributed by atoms with Crippen molar-refractivity contribution >= 4 is 27.5 Å². The van der Waals surface area contributed by atoms with Gasteiger partial charge in [0.05, 0.1) is 12.1 Å². The highest BCUT2D eigenvalue weighted by Gasteiger charge is 2.20. The molecular formula is C22H26BrN5O2. The van der Waals surface area contributed by atoms with Crippen LogP contribution in [0.3, 0.4) is 0 Å². The van der Waals surface area contributed by atoms with Crippen LogP contribution >= 0.6 is 15.9 Å². The van der Waals surface area contributed by atoms with Crippen LogP contribution in [-0.4, -0.2) is 50.8 Å². The van der Waals surface area contributed by atoms with Crippen molar-refractivity contribution in [2.75, 3.05) is 25.1 Å². The van der Waals surface area contributed by atoms with E-state index < -0.39 is 0 Å². The quantitative estimate of drug-likeness (QED) is 0.455. The molecule has 1 unspecified atom stereocenters. The summed E-state index contributed by atoms with van der Waals surface area (Å²) in [5.41, 5.74) is 1.87. The summed E-state index contributed by atoms with van der Waals surface area (Å²) in [6, 6.07) is 9.70. The Kier molecular flexibility index (Phi) is 7.70. The predicted octanol–water partition coefficient (Wildman–Crippen LogP) is 3.56. The average molecular weight is 472 g/mol. The number of ketones is 1. The molecule has 0 aliphatic rings. The minimum Gasteiger partial charge on any atom is -0.396 e. The Hall–Kier alpha value is -2.58. The van der Waals surface area contributed by atoms with E-state index in [2.05, 4.69) is 37.9 Å². The second kappa shape index (κ2) is 10.4. The van der Waals surface area contributed by atoms with Gasteiger partial charge < -0.3 is 10.0 Å². The van der Waals surface area contributed by atoms with Gasteiger partial charge in [-0.3, -0.25) is 9.48 Å². The van der Waals surface area contributed by atoms with Crippen molar-refractivity contribution in [3.8, 4) is 0 Å². The maximum Gasteiger partial charge on any atom is 0.218 e. The molecule has 1 aromatic carbocycles. The molecule has 0 radical (unpaired) electrons. The predicted molar refractivity (Wildman–Crippen MR) is 120 cm³/mol. The lowest BCUT2D eigenvalue weighted by Gasteiger charge is -2.22. The molecule has 2 aromatic heterocycles. The molecule has 0 amide bonds. The molecule has 0 spiro atoms. The second-order valence-electron chi connectivity index (χ2n) is 7.28. The normalized spacial score (nSPS) is 12.0. The first-order chi connectivity index (χ1) is 14.5. The molecule has 0 bridgehead atoms. The number of carbonyl (C=O) groups is 1. The zero-order valence-corrected chi connectivity index (χ0v) is 18.8. The Balaban J connectivity index is 1.75. The lowest BCUT2D eigenvalue weighted by atomic mass is 10.0. The summed E-state index contributed by atoms with van der Waals surface area (Å²) in [7, 11) is 1.90. The van der Waals surface area contributed by atoms with Crippen LogP contribution in [0.25, 0.3) is 0 Å². The van der Waals surface area contributed by atoms with Gasteiger partial charge in [0.1, 0.15) is 17.8 Å². The average Bonchev–Trinajstić information content (AvgIpc) is 3.22. The molecule has 0 saturated carbocycles. The number of aliphatic hydroxyl groups is 1. The van der Waals surface area contributed by atoms with Crippen molar-refractivity contribution in [3.05, 3.63) is 70.3 Å². The van der Waals surface area contributed by atoms with E-state index in [-0.39, 0.29) is 18.3 Å². The van der Waals surface area contributed by atoms with Gasteiger partial charge in [-0.1, -0.05) is 41.4 Å². The second-order valence-corrected chi connectivity index (χ2v) is 8.20. The van der Waals surface area contributed by atoms with Crippen LogP contribution in [-0.2, 0) is 6.54 Å². The highest BCUT2D eigenvalue weighted by molar-refractivity contribution is 9.10. The van der Waals surface area contributed by atoms with Crippen molar-refractivity contribution in [1.82, 2.24) is 19.7 Å². The number of halogens is 1. The zero-order chi connectivity index (χ0) is 21.5. The van der Waals surface area contributed by atoms with Crippen molar-refractivity contribution in [3.63, 3.8) is 0 Å². The van der Waals surface area contributed by atoms with Crippen molar-refractivity contribution in [1.29, 1.82) is 0 Å². The minimum absolute atomic E-state index is 0.162. The summed E-state index contributed by atoms with van der Waals surface area (Å²) in [6.07, 6.45) is 6.52. The van der Waals surface area contributed by atoms with E-state index in [4.69, 9.17) is 0 Å². The van der Waals surface area contributed by atoms with E-state index >= 15 is 0 Å². The molecule has 2 heterocycles. The molecule has 1 N–H and O–H groups in total. The number of rotatable bonds is 10. The SMILES string of the molecule is CCC(CO)CCN(C)c1ncncc1C(=O)c1ccn(Cc2cccc(Br)c2)n1. The first-order valence-electron chi connectivity index (χ1n) is 9.96. The summed E-state index contributed by atoms with van der Waals surface area (Å²) in [5.74, 6) is 0.603. The number of aromatic nitrogens is 4. The number of nitrogens with zero attached hydrogens (tertiary/aromatic N) is 5. The fourth-order valence-electron chi connectivity index (χ4n) is 3.23. The standard InChI is InChI=1S/C22H26BrN5O2/c1-3-16(14-29)7-9-27(2)22-19(12-24-15-25-22)21(30)20-8-10-28(26-20)13-17-5-4-6-18(23)11-17/h4-6,8,10-12,15-16,29H,3,7,9,13-14H2,1-2H3. The first-order valence-corrected chi connectivity index (χ1v) is 10.8. The molecule has 3 aromatic rings. The van der Waals surface area contributed by atoms with Gasteiger partial charge in [0, 0.05) is 37.1 Å². The topological polar surface area (TPSA) is 84.1 Å². The molecule has 0 fully saturated rings. The molecule has 158 valence electrons. The smallest absolute Gasteiger partial charge is 0.218 e. The molecule has 0 aliphatic heterocycles. The van der Waals surface area contributed by atoms with Crippen LogP contribution in [0.1, 0.15) is 41.4 Å². The molecule has 0 aliphatic carbocycles. The van der Waals surface area contributed by atoms with Crippen LogP contribution in [0.4, 0.5) is 5.82 Å². The zero-order valence-electron chi connectivity index (χ0n) is 17.2. The molecule has 30 heavy (non-hydrogen) atoms. The fraction of sp³-hybridized carbons (Fsp3) is 0.364.